The molecule has 0 radical (unpaired) electrons. The average molecular weight is 277 g/mol. The summed E-state index contributed by atoms with van der Waals surface area (Å²) >= 11 is 0. The molecule has 2 N–H and O–H groups in total. The van der Waals surface area contributed by atoms with Gasteiger partial charge in [-0.15, -0.1) is 0 Å². The minimum atomic E-state index is 0.183. The van der Waals surface area contributed by atoms with Crippen LogP contribution in [0.15, 0.2) is 12.1 Å². The van der Waals surface area contributed by atoms with E-state index < -0.39 is 0 Å². The van der Waals surface area contributed by atoms with E-state index in [0.717, 1.165) is 31.7 Å². The largest absolute Gasteiger partial charge is 0.495 e. The molecule has 0 saturated heterocycles. The van der Waals surface area contributed by atoms with E-state index in [4.69, 9.17) is 10.5 Å². The Bertz CT molecular complexity index is 500. The molecule has 0 saturated carbocycles. The zero-order valence-electron chi connectivity index (χ0n) is 12.5. The number of hydrogen-bond acceptors (Lipinski definition) is 4. The quantitative estimate of drug-likeness (QED) is 0.829. The first-order chi connectivity index (χ1) is 9.51. The molecular weight excluding hydrogens is 254 g/mol. The maximum Gasteiger partial charge on any atom is 0.236 e. The van der Waals surface area contributed by atoms with Gasteiger partial charge in [0.25, 0.3) is 0 Å². The summed E-state index contributed by atoms with van der Waals surface area (Å²) in [5, 5.41) is 0. The SMILES string of the molecule is COc1cc2c(cc1N)CCN(C(=O)CN(C)C)CC2. The fourth-order valence-electron chi connectivity index (χ4n) is 2.57. The molecule has 110 valence electrons. The second-order valence-corrected chi connectivity index (χ2v) is 5.48. The molecule has 0 bridgehead atoms. The van der Waals surface area contributed by atoms with Gasteiger partial charge < -0.3 is 20.3 Å². The Hall–Kier alpha value is -1.75. The lowest BCUT2D eigenvalue weighted by atomic mass is 10.0. The number of nitrogens with zero attached hydrogens (tertiary/aromatic N) is 2. The molecule has 5 nitrogen and oxygen atoms in total. The lowest BCUT2D eigenvalue weighted by Gasteiger charge is -2.22. The normalized spacial score (nSPS) is 14.9. The Balaban J connectivity index is 2.12. The number of anilines is 1. The van der Waals surface area contributed by atoms with Crippen LogP contribution in [0.1, 0.15) is 11.1 Å². The van der Waals surface area contributed by atoms with Gasteiger partial charge in [0.2, 0.25) is 5.91 Å². The first-order valence-corrected chi connectivity index (χ1v) is 6.89. The van der Waals surface area contributed by atoms with Crippen LogP contribution in [0.25, 0.3) is 0 Å². The molecule has 1 aliphatic heterocycles. The highest BCUT2D eigenvalue weighted by atomic mass is 16.5. The zero-order chi connectivity index (χ0) is 14.7. The van der Waals surface area contributed by atoms with Gasteiger partial charge in [-0.25, -0.2) is 0 Å². The molecule has 0 aromatic heterocycles. The Morgan fingerprint density at radius 2 is 1.90 bits per heavy atom. The van der Waals surface area contributed by atoms with Crippen molar-refractivity contribution in [2.24, 2.45) is 0 Å². The Labute approximate surface area is 120 Å². The summed E-state index contributed by atoms with van der Waals surface area (Å²) in [4.78, 5) is 16.0. The number of amides is 1. The van der Waals surface area contributed by atoms with Crippen LogP contribution in [0.5, 0.6) is 5.75 Å². The van der Waals surface area contributed by atoms with Crippen molar-refractivity contribution in [3.8, 4) is 5.75 Å². The van der Waals surface area contributed by atoms with E-state index in [1.807, 2.05) is 36.0 Å². The van der Waals surface area contributed by atoms with Gasteiger partial charge in [-0.2, -0.15) is 0 Å². The van der Waals surface area contributed by atoms with Crippen LogP contribution in [0.3, 0.4) is 0 Å². The van der Waals surface area contributed by atoms with Crippen molar-refractivity contribution in [3.05, 3.63) is 23.3 Å². The highest BCUT2D eigenvalue weighted by molar-refractivity contribution is 5.78. The van der Waals surface area contributed by atoms with Crippen LogP contribution in [0.2, 0.25) is 0 Å². The standard InChI is InChI=1S/C15H23N3O2/c1-17(2)10-15(19)18-6-4-11-8-13(16)14(20-3)9-12(11)5-7-18/h8-9H,4-7,10,16H2,1-3H3. The third kappa shape index (κ3) is 3.22. The van der Waals surface area contributed by atoms with Crippen molar-refractivity contribution in [1.82, 2.24) is 9.80 Å². The first-order valence-electron chi connectivity index (χ1n) is 6.89. The van der Waals surface area contributed by atoms with Crippen LogP contribution in [-0.2, 0) is 17.6 Å². The van der Waals surface area contributed by atoms with Gasteiger partial charge in [0, 0.05) is 13.1 Å². The summed E-state index contributed by atoms with van der Waals surface area (Å²) in [6.45, 7) is 1.97. The summed E-state index contributed by atoms with van der Waals surface area (Å²) in [6.07, 6.45) is 1.70. The van der Waals surface area contributed by atoms with E-state index in [-0.39, 0.29) is 5.91 Å². The number of ether oxygens (including phenoxy) is 1. The molecule has 1 aliphatic rings. The van der Waals surface area contributed by atoms with Crippen molar-refractivity contribution in [1.29, 1.82) is 0 Å². The third-order valence-corrected chi connectivity index (χ3v) is 3.66. The number of likely N-dealkylation sites (N-methyl/N-ethyl adjacent to an activating group) is 1. The van der Waals surface area contributed by atoms with Crippen molar-refractivity contribution in [2.75, 3.05) is 46.6 Å². The number of hydrogen-bond donors (Lipinski definition) is 1. The number of carbonyl (C=O) groups is 1. The Morgan fingerprint density at radius 1 is 1.30 bits per heavy atom. The number of fused-ring (bicyclic) bond motifs is 1. The van der Waals surface area contributed by atoms with Gasteiger partial charge in [0.1, 0.15) is 5.75 Å². The number of methoxy groups -OCH3 is 1. The van der Waals surface area contributed by atoms with Crippen LogP contribution < -0.4 is 10.5 Å². The van der Waals surface area contributed by atoms with Gasteiger partial charge in [-0.05, 0) is 50.2 Å². The minimum Gasteiger partial charge on any atom is -0.495 e. The molecule has 0 spiro atoms. The maximum atomic E-state index is 12.1. The lowest BCUT2D eigenvalue weighted by Crippen LogP contribution is -2.39. The summed E-state index contributed by atoms with van der Waals surface area (Å²) in [7, 11) is 5.45. The summed E-state index contributed by atoms with van der Waals surface area (Å²) in [5.74, 6) is 0.902. The molecule has 1 heterocycles. The topological polar surface area (TPSA) is 58.8 Å². The molecule has 1 aromatic rings. The molecule has 5 heteroatoms. The van der Waals surface area contributed by atoms with Crippen molar-refractivity contribution < 1.29 is 9.53 Å². The number of rotatable bonds is 3. The van der Waals surface area contributed by atoms with E-state index in [1.54, 1.807) is 7.11 Å². The molecule has 0 fully saturated rings. The van der Waals surface area contributed by atoms with Gasteiger partial charge in [-0.1, -0.05) is 0 Å². The summed E-state index contributed by atoms with van der Waals surface area (Å²) in [6, 6.07) is 3.98. The summed E-state index contributed by atoms with van der Waals surface area (Å²) < 4.78 is 5.27. The van der Waals surface area contributed by atoms with Gasteiger partial charge >= 0.3 is 0 Å². The Morgan fingerprint density at radius 3 is 2.45 bits per heavy atom. The van der Waals surface area contributed by atoms with E-state index >= 15 is 0 Å². The van der Waals surface area contributed by atoms with Crippen LogP contribution in [0.4, 0.5) is 5.69 Å². The smallest absolute Gasteiger partial charge is 0.236 e. The number of nitrogen functional groups attached to an aromatic ring is 1. The molecule has 1 aromatic carbocycles. The average Bonchev–Trinajstić information content (AvgIpc) is 2.59. The van der Waals surface area contributed by atoms with Crippen molar-refractivity contribution >= 4 is 11.6 Å². The van der Waals surface area contributed by atoms with E-state index in [2.05, 4.69) is 0 Å². The highest BCUT2D eigenvalue weighted by Gasteiger charge is 2.19. The van der Waals surface area contributed by atoms with Crippen LogP contribution in [-0.4, -0.2) is 56.5 Å². The second-order valence-electron chi connectivity index (χ2n) is 5.48. The zero-order valence-corrected chi connectivity index (χ0v) is 12.5. The monoisotopic (exact) mass is 277 g/mol. The molecule has 1 amide bonds. The molecule has 0 aliphatic carbocycles. The van der Waals surface area contributed by atoms with E-state index in [1.165, 1.54) is 11.1 Å². The van der Waals surface area contributed by atoms with Gasteiger partial charge in [0.05, 0.1) is 19.3 Å². The fourth-order valence-corrected chi connectivity index (χ4v) is 2.57. The molecule has 0 unspecified atom stereocenters. The summed E-state index contributed by atoms with van der Waals surface area (Å²) in [5.41, 5.74) is 9.08. The number of benzene rings is 1. The number of nitrogens with two attached hydrogens (primary N) is 1. The van der Waals surface area contributed by atoms with Gasteiger partial charge in [-0.3, -0.25) is 4.79 Å². The predicted octanol–water partition coefficient (Wildman–Crippen LogP) is 0.766. The first kappa shape index (κ1) is 14.7. The van der Waals surface area contributed by atoms with E-state index in [9.17, 15) is 4.79 Å². The minimum absolute atomic E-state index is 0.183. The second kappa shape index (κ2) is 6.13. The van der Waals surface area contributed by atoms with Crippen molar-refractivity contribution in [2.45, 2.75) is 12.8 Å². The van der Waals surface area contributed by atoms with Crippen LogP contribution >= 0.6 is 0 Å². The van der Waals surface area contributed by atoms with Crippen molar-refractivity contribution in [3.63, 3.8) is 0 Å². The fraction of sp³-hybridized carbons (Fsp3) is 0.533. The van der Waals surface area contributed by atoms with Gasteiger partial charge in [0.15, 0.2) is 0 Å². The molecule has 0 atom stereocenters. The predicted molar refractivity (Wildman–Crippen MR) is 79.9 cm³/mol. The van der Waals surface area contributed by atoms with E-state index in [0.29, 0.717) is 12.2 Å². The Kier molecular flexibility index (Phi) is 4.49. The molecule has 2 rings (SSSR count). The maximum absolute atomic E-state index is 12.1. The van der Waals surface area contributed by atoms with Crippen LogP contribution in [0, 0.1) is 0 Å². The third-order valence-electron chi connectivity index (χ3n) is 3.66. The highest BCUT2D eigenvalue weighted by Crippen LogP contribution is 2.28. The molecule has 20 heavy (non-hydrogen) atoms. The number of carbonyl (C=O) groups excluding carboxylic acids is 1. The lowest BCUT2D eigenvalue weighted by molar-refractivity contribution is -0.131. The molecular formula is C15H23N3O2.